The molecule has 0 aliphatic heterocycles. The van der Waals surface area contributed by atoms with Crippen LogP contribution < -0.4 is 10.6 Å². The third kappa shape index (κ3) is 6.45. The van der Waals surface area contributed by atoms with Crippen LogP contribution in [-0.4, -0.2) is 22.6 Å². The number of oxazole rings is 1. The van der Waals surface area contributed by atoms with Crippen molar-refractivity contribution in [2.75, 3.05) is 6.54 Å². The summed E-state index contributed by atoms with van der Waals surface area (Å²) in [6, 6.07) is 12.2. The number of nitrogens with zero attached hydrogens (tertiary/aromatic N) is 2. The molecule has 3 aromatic rings. The Hall–Kier alpha value is -2.62. The SMILES string of the molecule is CCNC(=NCc1ccc(O)c(F)c1)NCc1coc(-c2ccc(C)cc2)n1.I. The van der Waals surface area contributed by atoms with E-state index < -0.39 is 5.82 Å². The van der Waals surface area contributed by atoms with Gasteiger partial charge in [0, 0.05) is 12.1 Å². The number of aromatic hydroxyl groups is 1. The number of phenols is 1. The summed E-state index contributed by atoms with van der Waals surface area (Å²) in [6.45, 7) is 5.39. The average molecular weight is 510 g/mol. The molecule has 8 heteroatoms. The Morgan fingerprint density at radius 3 is 2.62 bits per heavy atom. The summed E-state index contributed by atoms with van der Waals surface area (Å²) in [5.41, 5.74) is 3.51. The maximum Gasteiger partial charge on any atom is 0.226 e. The molecule has 0 radical (unpaired) electrons. The number of rotatable bonds is 6. The smallest absolute Gasteiger partial charge is 0.226 e. The molecule has 1 heterocycles. The maximum absolute atomic E-state index is 13.4. The third-order valence-corrected chi connectivity index (χ3v) is 4.06. The molecule has 0 saturated carbocycles. The number of halogens is 2. The number of guanidine groups is 1. The molecule has 1 aromatic heterocycles. The summed E-state index contributed by atoms with van der Waals surface area (Å²) < 4.78 is 19.0. The first-order valence-electron chi connectivity index (χ1n) is 9.06. The van der Waals surface area contributed by atoms with Crippen molar-refractivity contribution in [3.8, 4) is 17.2 Å². The maximum atomic E-state index is 13.4. The predicted octanol–water partition coefficient (Wildman–Crippen LogP) is 4.37. The summed E-state index contributed by atoms with van der Waals surface area (Å²) in [6.07, 6.45) is 1.61. The molecule has 2 aromatic carbocycles. The quantitative estimate of drug-likeness (QED) is 0.261. The second-order valence-electron chi connectivity index (χ2n) is 6.34. The third-order valence-electron chi connectivity index (χ3n) is 4.06. The van der Waals surface area contributed by atoms with E-state index in [1.807, 2.05) is 38.1 Å². The van der Waals surface area contributed by atoms with Gasteiger partial charge in [-0.15, -0.1) is 24.0 Å². The van der Waals surface area contributed by atoms with E-state index in [0.29, 0.717) is 30.5 Å². The minimum atomic E-state index is -0.656. The second kappa shape index (κ2) is 10.8. The van der Waals surface area contributed by atoms with Gasteiger partial charge in [0.2, 0.25) is 5.89 Å². The minimum Gasteiger partial charge on any atom is -0.505 e. The fraction of sp³-hybridized carbons (Fsp3) is 0.238. The molecular formula is C21H24FIN4O2. The molecule has 6 nitrogen and oxygen atoms in total. The van der Waals surface area contributed by atoms with E-state index >= 15 is 0 Å². The Balaban J connectivity index is 0.00000300. The van der Waals surface area contributed by atoms with Crippen LogP contribution in [0.15, 0.2) is 58.1 Å². The van der Waals surface area contributed by atoms with Crippen molar-refractivity contribution in [1.82, 2.24) is 15.6 Å². The van der Waals surface area contributed by atoms with Crippen molar-refractivity contribution in [1.29, 1.82) is 0 Å². The van der Waals surface area contributed by atoms with Crippen molar-refractivity contribution in [2.24, 2.45) is 4.99 Å². The zero-order valence-electron chi connectivity index (χ0n) is 16.3. The molecule has 0 unspecified atom stereocenters. The second-order valence-corrected chi connectivity index (χ2v) is 6.34. The van der Waals surface area contributed by atoms with Gasteiger partial charge in [-0.25, -0.2) is 14.4 Å². The first-order chi connectivity index (χ1) is 13.5. The summed E-state index contributed by atoms with van der Waals surface area (Å²) in [4.78, 5) is 8.92. The Morgan fingerprint density at radius 1 is 1.17 bits per heavy atom. The van der Waals surface area contributed by atoms with E-state index in [2.05, 4.69) is 20.6 Å². The molecule has 0 bridgehead atoms. The average Bonchev–Trinajstić information content (AvgIpc) is 3.16. The van der Waals surface area contributed by atoms with Gasteiger partial charge >= 0.3 is 0 Å². The highest BCUT2D eigenvalue weighted by Gasteiger charge is 2.08. The van der Waals surface area contributed by atoms with Crippen LogP contribution in [-0.2, 0) is 13.1 Å². The largest absolute Gasteiger partial charge is 0.505 e. The number of benzene rings is 2. The number of nitrogens with one attached hydrogen (secondary N) is 2. The van der Waals surface area contributed by atoms with Gasteiger partial charge in [0.25, 0.3) is 0 Å². The van der Waals surface area contributed by atoms with Crippen LogP contribution in [0.25, 0.3) is 11.5 Å². The number of phenolic OH excluding ortho intramolecular Hbond substituents is 1. The Labute approximate surface area is 186 Å². The summed E-state index contributed by atoms with van der Waals surface area (Å²) >= 11 is 0. The number of aliphatic imine (C=N–C) groups is 1. The van der Waals surface area contributed by atoms with E-state index in [0.717, 1.165) is 11.3 Å². The lowest BCUT2D eigenvalue weighted by Gasteiger charge is -2.10. The van der Waals surface area contributed by atoms with Gasteiger partial charge in [0.05, 0.1) is 18.8 Å². The van der Waals surface area contributed by atoms with Gasteiger partial charge in [0.15, 0.2) is 17.5 Å². The molecule has 0 spiro atoms. The zero-order chi connectivity index (χ0) is 19.9. The monoisotopic (exact) mass is 510 g/mol. The lowest BCUT2D eigenvalue weighted by atomic mass is 10.1. The molecule has 0 fully saturated rings. The van der Waals surface area contributed by atoms with Gasteiger partial charge in [0.1, 0.15) is 6.26 Å². The minimum absolute atomic E-state index is 0. The van der Waals surface area contributed by atoms with E-state index in [4.69, 9.17) is 4.42 Å². The van der Waals surface area contributed by atoms with Crippen molar-refractivity contribution in [3.63, 3.8) is 0 Å². The predicted molar refractivity (Wildman–Crippen MR) is 122 cm³/mol. The fourth-order valence-electron chi connectivity index (χ4n) is 2.55. The van der Waals surface area contributed by atoms with Gasteiger partial charge in [-0.1, -0.05) is 23.8 Å². The first kappa shape index (κ1) is 22.7. The van der Waals surface area contributed by atoms with Gasteiger partial charge in [-0.3, -0.25) is 0 Å². The van der Waals surface area contributed by atoms with Crippen molar-refractivity contribution in [3.05, 3.63) is 71.4 Å². The Bertz CT molecular complexity index is 958. The lowest BCUT2D eigenvalue weighted by molar-refractivity contribution is 0.432. The van der Waals surface area contributed by atoms with E-state index in [1.54, 1.807) is 12.3 Å². The highest BCUT2D eigenvalue weighted by Crippen LogP contribution is 2.19. The normalized spacial score (nSPS) is 11.1. The molecule has 29 heavy (non-hydrogen) atoms. The fourth-order valence-corrected chi connectivity index (χ4v) is 2.55. The van der Waals surface area contributed by atoms with Crippen LogP contribution in [0.1, 0.15) is 23.7 Å². The number of hydrogen-bond acceptors (Lipinski definition) is 4. The molecule has 0 amide bonds. The zero-order valence-corrected chi connectivity index (χ0v) is 18.6. The summed E-state index contributed by atoms with van der Waals surface area (Å²) in [7, 11) is 0. The summed E-state index contributed by atoms with van der Waals surface area (Å²) in [5.74, 6) is 0.124. The van der Waals surface area contributed by atoms with Gasteiger partial charge in [-0.2, -0.15) is 0 Å². The van der Waals surface area contributed by atoms with E-state index in [9.17, 15) is 9.50 Å². The van der Waals surface area contributed by atoms with Crippen LogP contribution in [0.4, 0.5) is 4.39 Å². The Kier molecular flexibility index (Phi) is 8.44. The molecule has 154 valence electrons. The highest BCUT2D eigenvalue weighted by molar-refractivity contribution is 14.0. The van der Waals surface area contributed by atoms with Crippen molar-refractivity contribution in [2.45, 2.75) is 26.9 Å². The first-order valence-corrected chi connectivity index (χ1v) is 9.06. The molecule has 0 aliphatic carbocycles. The number of hydrogen-bond donors (Lipinski definition) is 3. The van der Waals surface area contributed by atoms with Crippen LogP contribution in [0.3, 0.4) is 0 Å². The van der Waals surface area contributed by atoms with Crippen LogP contribution in [0, 0.1) is 12.7 Å². The van der Waals surface area contributed by atoms with Crippen molar-refractivity contribution >= 4 is 29.9 Å². The number of aromatic nitrogens is 1. The van der Waals surface area contributed by atoms with E-state index in [-0.39, 0.29) is 36.3 Å². The van der Waals surface area contributed by atoms with Gasteiger partial charge < -0.3 is 20.2 Å². The molecule has 0 saturated heterocycles. The molecule has 3 rings (SSSR count). The lowest BCUT2D eigenvalue weighted by Crippen LogP contribution is -2.36. The highest BCUT2D eigenvalue weighted by atomic mass is 127. The summed E-state index contributed by atoms with van der Waals surface area (Å²) in [5, 5.41) is 15.6. The standard InChI is InChI=1S/C21H23FN4O2.HI/c1-3-23-21(24-11-15-6-9-19(27)18(22)10-15)25-12-17-13-28-20(26-17)16-7-4-14(2)5-8-16;/h4-10,13,27H,3,11-12H2,1-2H3,(H2,23,24,25);1H. The van der Waals surface area contributed by atoms with Crippen LogP contribution in [0.5, 0.6) is 5.75 Å². The number of aryl methyl sites for hydroxylation is 1. The van der Waals surface area contributed by atoms with Crippen molar-refractivity contribution < 1.29 is 13.9 Å². The Morgan fingerprint density at radius 2 is 1.93 bits per heavy atom. The molecule has 3 N–H and O–H groups in total. The van der Waals surface area contributed by atoms with Crippen LogP contribution in [0.2, 0.25) is 0 Å². The van der Waals surface area contributed by atoms with Gasteiger partial charge in [-0.05, 0) is 43.7 Å². The topological polar surface area (TPSA) is 82.7 Å². The molecular weight excluding hydrogens is 486 g/mol. The molecule has 0 aliphatic rings. The van der Waals surface area contributed by atoms with E-state index in [1.165, 1.54) is 17.7 Å². The molecule has 0 atom stereocenters. The van der Waals surface area contributed by atoms with Crippen LogP contribution >= 0.6 is 24.0 Å².